The van der Waals surface area contributed by atoms with Crippen LogP contribution in [0.2, 0.25) is 0 Å². The van der Waals surface area contributed by atoms with E-state index in [-0.39, 0.29) is 0 Å². The van der Waals surface area contributed by atoms with E-state index in [0.717, 1.165) is 71.2 Å². The standard InChI is InChI=1S/C23H24N6OS/c1-16-13-20(25-18-5-3-2-4-6-18)26-22-21(16)28-23(31-22)27-19-14-17(7-8-24-19)15-29-9-11-30-12-10-29/h2-8,13-14H,9-12,15H2,1H3,(H,25,26)(H,24,27,28). The number of morpholine rings is 1. The van der Waals surface area contributed by atoms with Crippen molar-refractivity contribution in [2.45, 2.75) is 13.5 Å². The van der Waals surface area contributed by atoms with Gasteiger partial charge in [0.05, 0.1) is 13.2 Å². The van der Waals surface area contributed by atoms with Gasteiger partial charge in [-0.05, 0) is 48.4 Å². The summed E-state index contributed by atoms with van der Waals surface area (Å²) in [4.78, 5) is 17.3. The summed E-state index contributed by atoms with van der Waals surface area (Å²) in [6.07, 6.45) is 1.84. The van der Waals surface area contributed by atoms with E-state index in [9.17, 15) is 0 Å². The zero-order valence-electron chi connectivity index (χ0n) is 17.3. The van der Waals surface area contributed by atoms with Gasteiger partial charge in [-0.15, -0.1) is 0 Å². The molecule has 0 saturated carbocycles. The lowest BCUT2D eigenvalue weighted by atomic mass is 10.2. The van der Waals surface area contributed by atoms with E-state index in [1.807, 2.05) is 42.6 Å². The molecule has 8 heteroatoms. The number of nitrogens with one attached hydrogen (secondary N) is 2. The third kappa shape index (κ3) is 4.82. The Labute approximate surface area is 185 Å². The molecule has 4 aromatic rings. The number of aromatic nitrogens is 3. The molecule has 1 aliphatic heterocycles. The minimum Gasteiger partial charge on any atom is -0.379 e. The van der Waals surface area contributed by atoms with Gasteiger partial charge in [-0.1, -0.05) is 29.5 Å². The Hall–Kier alpha value is -3.07. The quantitative estimate of drug-likeness (QED) is 0.457. The number of benzene rings is 1. The molecule has 1 aromatic carbocycles. The van der Waals surface area contributed by atoms with Crippen LogP contribution in [0.5, 0.6) is 0 Å². The minimum absolute atomic E-state index is 0.790. The maximum absolute atomic E-state index is 5.44. The normalized spacial score (nSPS) is 14.6. The Morgan fingerprint density at radius 1 is 1.00 bits per heavy atom. The van der Waals surface area contributed by atoms with Crippen molar-refractivity contribution < 1.29 is 4.74 Å². The molecule has 1 saturated heterocycles. The van der Waals surface area contributed by atoms with Crippen molar-refractivity contribution in [1.82, 2.24) is 19.9 Å². The van der Waals surface area contributed by atoms with E-state index >= 15 is 0 Å². The maximum atomic E-state index is 5.44. The summed E-state index contributed by atoms with van der Waals surface area (Å²) >= 11 is 1.53. The lowest BCUT2D eigenvalue weighted by molar-refractivity contribution is 0.0342. The average molecular weight is 433 g/mol. The summed E-state index contributed by atoms with van der Waals surface area (Å²) in [5.41, 5.74) is 4.24. The van der Waals surface area contributed by atoms with Crippen molar-refractivity contribution in [2.24, 2.45) is 0 Å². The van der Waals surface area contributed by atoms with Gasteiger partial charge in [-0.25, -0.2) is 15.0 Å². The number of nitrogens with zero attached hydrogens (tertiary/aromatic N) is 4. The molecule has 0 spiro atoms. The van der Waals surface area contributed by atoms with Crippen LogP contribution in [0.1, 0.15) is 11.1 Å². The minimum atomic E-state index is 0.790. The van der Waals surface area contributed by atoms with Gasteiger partial charge in [0.25, 0.3) is 0 Å². The van der Waals surface area contributed by atoms with E-state index in [2.05, 4.69) is 39.6 Å². The molecule has 4 heterocycles. The molecule has 0 radical (unpaired) electrons. The van der Waals surface area contributed by atoms with Crippen LogP contribution < -0.4 is 10.6 Å². The third-order valence-corrected chi connectivity index (χ3v) is 6.04. The lowest BCUT2D eigenvalue weighted by Crippen LogP contribution is -2.35. The van der Waals surface area contributed by atoms with Crippen molar-refractivity contribution in [3.8, 4) is 0 Å². The van der Waals surface area contributed by atoms with E-state index < -0.39 is 0 Å². The van der Waals surface area contributed by atoms with Gasteiger partial charge in [-0.2, -0.15) is 0 Å². The first kappa shape index (κ1) is 19.9. The molecule has 1 aliphatic rings. The Bertz CT molecular complexity index is 1170. The second-order valence-corrected chi connectivity index (χ2v) is 8.53. The molecule has 1 fully saturated rings. The summed E-state index contributed by atoms with van der Waals surface area (Å²) in [5, 5.41) is 7.51. The topological polar surface area (TPSA) is 75.2 Å². The molecule has 0 amide bonds. The number of hydrogen-bond acceptors (Lipinski definition) is 8. The van der Waals surface area contributed by atoms with Crippen molar-refractivity contribution in [2.75, 3.05) is 36.9 Å². The predicted octanol–water partition coefficient (Wildman–Crippen LogP) is 4.71. The summed E-state index contributed by atoms with van der Waals surface area (Å²) in [7, 11) is 0. The zero-order chi connectivity index (χ0) is 21.0. The van der Waals surface area contributed by atoms with Crippen LogP contribution >= 0.6 is 11.3 Å². The van der Waals surface area contributed by atoms with Crippen LogP contribution in [0, 0.1) is 6.92 Å². The molecule has 0 aliphatic carbocycles. The van der Waals surface area contributed by atoms with Gasteiger partial charge in [0.1, 0.15) is 22.0 Å². The largest absolute Gasteiger partial charge is 0.379 e. The first-order valence-corrected chi connectivity index (χ1v) is 11.2. The van der Waals surface area contributed by atoms with Crippen molar-refractivity contribution in [3.63, 3.8) is 0 Å². The van der Waals surface area contributed by atoms with Crippen LogP contribution in [0.15, 0.2) is 54.7 Å². The summed E-state index contributed by atoms with van der Waals surface area (Å²) in [5.74, 6) is 1.61. The average Bonchev–Trinajstić information content (AvgIpc) is 3.18. The van der Waals surface area contributed by atoms with Crippen molar-refractivity contribution >= 4 is 44.1 Å². The monoisotopic (exact) mass is 432 g/mol. The summed E-state index contributed by atoms with van der Waals surface area (Å²) in [6, 6.07) is 16.2. The summed E-state index contributed by atoms with van der Waals surface area (Å²) < 4.78 is 5.44. The third-order valence-electron chi connectivity index (χ3n) is 5.17. The number of thiazole rings is 1. The fourth-order valence-electron chi connectivity index (χ4n) is 3.61. The highest BCUT2D eigenvalue weighted by atomic mass is 32.1. The number of fused-ring (bicyclic) bond motifs is 1. The molecular formula is C23H24N6OS. The second kappa shape index (κ2) is 8.97. The Morgan fingerprint density at radius 3 is 2.68 bits per heavy atom. The summed E-state index contributed by atoms with van der Waals surface area (Å²) in [6.45, 7) is 6.49. The molecular weight excluding hydrogens is 408 g/mol. The number of ether oxygens (including phenoxy) is 1. The Balaban J connectivity index is 1.33. The highest BCUT2D eigenvalue weighted by molar-refractivity contribution is 7.21. The molecule has 2 N–H and O–H groups in total. The molecule has 7 nitrogen and oxygen atoms in total. The van der Waals surface area contributed by atoms with Gasteiger partial charge in [-0.3, -0.25) is 4.90 Å². The first-order valence-electron chi connectivity index (χ1n) is 10.4. The SMILES string of the molecule is Cc1cc(Nc2ccccc2)nc2sc(Nc3cc(CN4CCOCC4)ccn3)nc12. The fourth-order valence-corrected chi connectivity index (χ4v) is 4.54. The van der Waals surface area contributed by atoms with Crippen LogP contribution in [0.4, 0.5) is 22.5 Å². The van der Waals surface area contributed by atoms with Crippen molar-refractivity contribution in [1.29, 1.82) is 0 Å². The van der Waals surface area contributed by atoms with E-state index in [0.29, 0.717) is 0 Å². The molecule has 0 unspecified atom stereocenters. The predicted molar refractivity (Wildman–Crippen MR) is 125 cm³/mol. The van der Waals surface area contributed by atoms with E-state index in [1.165, 1.54) is 16.9 Å². The molecule has 0 atom stereocenters. The maximum Gasteiger partial charge on any atom is 0.190 e. The number of anilines is 4. The van der Waals surface area contributed by atoms with Crippen molar-refractivity contribution in [3.05, 3.63) is 65.9 Å². The number of hydrogen-bond donors (Lipinski definition) is 2. The highest BCUT2D eigenvalue weighted by Gasteiger charge is 2.13. The Kier molecular flexibility index (Phi) is 5.75. The van der Waals surface area contributed by atoms with E-state index in [4.69, 9.17) is 14.7 Å². The number of rotatable bonds is 6. The van der Waals surface area contributed by atoms with Crippen LogP contribution in [-0.2, 0) is 11.3 Å². The smallest absolute Gasteiger partial charge is 0.190 e. The molecule has 5 rings (SSSR count). The second-order valence-electron chi connectivity index (χ2n) is 7.55. The van der Waals surface area contributed by atoms with Gasteiger partial charge in [0, 0.05) is 31.5 Å². The van der Waals surface area contributed by atoms with Gasteiger partial charge in [0.15, 0.2) is 5.13 Å². The van der Waals surface area contributed by atoms with Gasteiger partial charge >= 0.3 is 0 Å². The van der Waals surface area contributed by atoms with Gasteiger partial charge < -0.3 is 15.4 Å². The van der Waals surface area contributed by atoms with Crippen LogP contribution in [0.3, 0.4) is 0 Å². The fraction of sp³-hybridized carbons (Fsp3) is 0.261. The van der Waals surface area contributed by atoms with Crippen LogP contribution in [-0.4, -0.2) is 46.2 Å². The number of aryl methyl sites for hydroxylation is 1. The number of para-hydroxylation sites is 1. The van der Waals surface area contributed by atoms with E-state index in [1.54, 1.807) is 0 Å². The lowest BCUT2D eigenvalue weighted by Gasteiger charge is -2.26. The molecule has 3 aromatic heterocycles. The molecule has 31 heavy (non-hydrogen) atoms. The molecule has 0 bridgehead atoms. The zero-order valence-corrected chi connectivity index (χ0v) is 18.2. The van der Waals surface area contributed by atoms with Gasteiger partial charge in [0.2, 0.25) is 0 Å². The Morgan fingerprint density at radius 2 is 1.84 bits per heavy atom. The number of pyridine rings is 2. The molecule has 158 valence electrons. The first-order chi connectivity index (χ1) is 15.2. The highest BCUT2D eigenvalue weighted by Crippen LogP contribution is 2.31. The van der Waals surface area contributed by atoms with Crippen LogP contribution in [0.25, 0.3) is 10.3 Å².